The van der Waals surface area contributed by atoms with Crippen LogP contribution in [0.4, 0.5) is 0 Å². The van der Waals surface area contributed by atoms with Crippen molar-refractivity contribution in [2.75, 3.05) is 33.5 Å². The van der Waals surface area contributed by atoms with Crippen LogP contribution in [0.1, 0.15) is 80.1 Å². The van der Waals surface area contributed by atoms with Crippen LogP contribution < -0.4 is 9.47 Å². The van der Waals surface area contributed by atoms with Crippen LogP contribution in [0, 0.1) is 17.8 Å². The van der Waals surface area contributed by atoms with Gasteiger partial charge in [-0.05, 0) is 114 Å². The number of amides is 1. The third-order valence-corrected chi connectivity index (χ3v) is 13.1. The lowest BCUT2D eigenvalue weighted by molar-refractivity contribution is -0.254. The fraction of sp³-hybridized carbons (Fsp3) is 0.370. The van der Waals surface area contributed by atoms with E-state index in [9.17, 15) is 10.2 Å². The number of benzene rings is 5. The first-order valence-corrected chi connectivity index (χ1v) is 22.7. The molecule has 9 nitrogen and oxygen atoms in total. The third kappa shape index (κ3) is 9.05. The Morgan fingerprint density at radius 1 is 0.857 bits per heavy atom. The molecule has 5 aromatic carbocycles. The SMILES string of the molecule is C=CCO[C@@]12Oc3ccc(Oc4ccc(-c5ccccc5)cc4)cc3[C@H]3[C@H](CCCCO)[C@@H](CCCCO)C=C(C(=NOC)C[C@@H]1N(CCC)C(=O)c1ccc4ccccc4c1)[C@H]32. The van der Waals surface area contributed by atoms with E-state index in [0.29, 0.717) is 49.3 Å². The molecule has 8 rings (SSSR count). The van der Waals surface area contributed by atoms with Crippen LogP contribution in [0.15, 0.2) is 145 Å². The first-order valence-electron chi connectivity index (χ1n) is 22.7. The van der Waals surface area contributed by atoms with Gasteiger partial charge >= 0.3 is 0 Å². The number of nitrogens with zero attached hydrogens (tertiary/aromatic N) is 2. The highest BCUT2D eigenvalue weighted by Crippen LogP contribution is 2.62. The maximum Gasteiger partial charge on any atom is 0.254 e. The Kier molecular flexibility index (Phi) is 14.1. The molecule has 0 spiro atoms. The number of rotatable bonds is 19. The van der Waals surface area contributed by atoms with E-state index >= 15 is 4.79 Å². The molecule has 63 heavy (non-hydrogen) atoms. The van der Waals surface area contributed by atoms with Gasteiger partial charge in [0, 0.05) is 43.2 Å². The lowest BCUT2D eigenvalue weighted by atomic mass is 9.55. The summed E-state index contributed by atoms with van der Waals surface area (Å²) in [5, 5.41) is 26.7. The van der Waals surface area contributed by atoms with Gasteiger partial charge in [-0.15, -0.1) is 6.58 Å². The van der Waals surface area contributed by atoms with Crippen molar-refractivity contribution in [2.45, 2.75) is 76.0 Å². The van der Waals surface area contributed by atoms with Crippen molar-refractivity contribution in [2.24, 2.45) is 22.9 Å². The van der Waals surface area contributed by atoms with Crippen LogP contribution in [0.25, 0.3) is 21.9 Å². The fourth-order valence-corrected chi connectivity index (χ4v) is 10.4. The van der Waals surface area contributed by atoms with Crippen LogP contribution in [-0.4, -0.2) is 72.0 Å². The average Bonchev–Trinajstić information content (AvgIpc) is 3.32. The molecule has 6 atom stereocenters. The molecule has 0 aromatic heterocycles. The van der Waals surface area contributed by atoms with Gasteiger partial charge in [0.25, 0.3) is 5.91 Å². The smallest absolute Gasteiger partial charge is 0.254 e. The first-order chi connectivity index (χ1) is 30.9. The molecule has 328 valence electrons. The molecular formula is C54H60N2O7. The third-order valence-electron chi connectivity index (χ3n) is 13.1. The summed E-state index contributed by atoms with van der Waals surface area (Å²) in [6, 6.07) is 37.8. The molecule has 0 radical (unpaired) electrons. The van der Waals surface area contributed by atoms with Crippen molar-refractivity contribution in [1.82, 2.24) is 4.90 Å². The molecule has 0 bridgehead atoms. The minimum absolute atomic E-state index is 0.0946. The van der Waals surface area contributed by atoms with E-state index < -0.39 is 17.7 Å². The number of allylic oxidation sites excluding steroid dienone is 1. The number of carbonyl (C=O) groups is 1. The molecule has 3 aliphatic rings. The van der Waals surface area contributed by atoms with Crippen molar-refractivity contribution < 1.29 is 34.1 Å². The maximum atomic E-state index is 15.1. The first kappa shape index (κ1) is 43.9. The van der Waals surface area contributed by atoms with E-state index in [1.807, 2.05) is 83.8 Å². The van der Waals surface area contributed by atoms with E-state index in [-0.39, 0.29) is 43.5 Å². The van der Waals surface area contributed by atoms with Crippen molar-refractivity contribution in [3.8, 4) is 28.4 Å². The van der Waals surface area contributed by atoms with E-state index in [0.717, 1.165) is 70.2 Å². The Bertz CT molecular complexity index is 2410. The number of aliphatic hydroxyl groups is 2. The highest BCUT2D eigenvalue weighted by atomic mass is 16.7. The van der Waals surface area contributed by atoms with Gasteiger partial charge in [0.05, 0.1) is 18.2 Å². The largest absolute Gasteiger partial charge is 0.459 e. The van der Waals surface area contributed by atoms with Gasteiger partial charge in [0.2, 0.25) is 5.79 Å². The van der Waals surface area contributed by atoms with Gasteiger partial charge in [-0.25, -0.2) is 0 Å². The zero-order valence-corrected chi connectivity index (χ0v) is 36.5. The zero-order chi connectivity index (χ0) is 43.8. The van der Waals surface area contributed by atoms with E-state index in [2.05, 4.69) is 56.0 Å². The topological polar surface area (TPSA) is 110 Å². The Morgan fingerprint density at radius 3 is 2.30 bits per heavy atom. The molecule has 1 heterocycles. The number of hydrogen-bond acceptors (Lipinski definition) is 8. The summed E-state index contributed by atoms with van der Waals surface area (Å²) in [7, 11) is 1.57. The molecule has 9 heteroatoms. The molecule has 2 aliphatic carbocycles. The van der Waals surface area contributed by atoms with Gasteiger partial charge in [0.1, 0.15) is 30.4 Å². The van der Waals surface area contributed by atoms with Crippen molar-refractivity contribution >= 4 is 22.4 Å². The Morgan fingerprint density at radius 2 is 1.57 bits per heavy atom. The molecular weight excluding hydrogens is 789 g/mol. The van der Waals surface area contributed by atoms with Gasteiger partial charge in [-0.1, -0.05) is 110 Å². The Labute approximate surface area is 371 Å². The second-order valence-corrected chi connectivity index (χ2v) is 17.0. The molecule has 1 fully saturated rings. The Hall–Kier alpha value is -5.74. The van der Waals surface area contributed by atoms with Crippen LogP contribution >= 0.6 is 0 Å². The summed E-state index contributed by atoms with van der Waals surface area (Å²) in [5.41, 5.74) is 5.60. The monoisotopic (exact) mass is 848 g/mol. The summed E-state index contributed by atoms with van der Waals surface area (Å²) in [5.74, 6) is 0.280. The number of carbonyl (C=O) groups excluding carboxylic acids is 1. The highest BCUT2D eigenvalue weighted by Gasteiger charge is 2.65. The van der Waals surface area contributed by atoms with Crippen LogP contribution in [0.2, 0.25) is 0 Å². The van der Waals surface area contributed by atoms with Crippen LogP contribution in [0.3, 0.4) is 0 Å². The molecule has 5 aromatic rings. The van der Waals surface area contributed by atoms with Gasteiger partial charge in [-0.2, -0.15) is 0 Å². The maximum absolute atomic E-state index is 15.1. The van der Waals surface area contributed by atoms with Crippen LogP contribution in [0.5, 0.6) is 17.2 Å². The summed E-state index contributed by atoms with van der Waals surface area (Å²) >= 11 is 0. The molecule has 2 N–H and O–H groups in total. The molecule has 0 unspecified atom stereocenters. The van der Waals surface area contributed by atoms with Crippen molar-refractivity contribution in [1.29, 1.82) is 0 Å². The predicted octanol–water partition coefficient (Wildman–Crippen LogP) is 11.1. The summed E-state index contributed by atoms with van der Waals surface area (Å²) in [4.78, 5) is 22.7. The zero-order valence-electron chi connectivity index (χ0n) is 36.5. The van der Waals surface area contributed by atoms with Gasteiger partial charge < -0.3 is 34.2 Å². The lowest BCUT2D eigenvalue weighted by Crippen LogP contribution is -2.70. The summed E-state index contributed by atoms with van der Waals surface area (Å²) < 4.78 is 21.2. The van der Waals surface area contributed by atoms with Crippen molar-refractivity contribution in [3.05, 3.63) is 151 Å². The lowest BCUT2D eigenvalue weighted by Gasteiger charge is -2.60. The predicted molar refractivity (Wildman–Crippen MR) is 249 cm³/mol. The number of fused-ring (bicyclic) bond motifs is 3. The van der Waals surface area contributed by atoms with Gasteiger partial charge in [-0.3, -0.25) is 4.79 Å². The van der Waals surface area contributed by atoms with Crippen LogP contribution in [-0.2, 0) is 9.57 Å². The fourth-order valence-electron chi connectivity index (χ4n) is 10.4. The van der Waals surface area contributed by atoms with E-state index in [4.69, 9.17) is 24.2 Å². The minimum atomic E-state index is -1.34. The number of aliphatic hydroxyl groups excluding tert-OH is 2. The molecule has 1 saturated carbocycles. The average molecular weight is 849 g/mol. The second-order valence-electron chi connectivity index (χ2n) is 17.0. The quantitative estimate of drug-likeness (QED) is 0.0484. The molecule has 0 saturated heterocycles. The number of unbranched alkanes of at least 4 members (excludes halogenated alkanes) is 2. The standard InChI is InChI=1S/C54H60N2O7/c1-4-29-56(53(59)42-22-21-38-17-9-10-18-40(38)33-42)50-36-48(55-60-3)46-34-41(19-11-13-30-57)45(20-12-14-31-58)51-47-35-44(27-28-49(47)63-54(50,52(46)51)61-32-5-2)62-43-25-23-39(24-26-43)37-15-7-6-8-16-37/h5-10,15-18,21-28,33-35,41,45,50-52,57-58H,2,4,11-14,19-20,29-32,36H2,1,3H3/t41-,45+,50-,51+,52+,54+/m0/s1. The second kappa shape index (κ2) is 20.2. The van der Waals surface area contributed by atoms with E-state index in [1.54, 1.807) is 13.2 Å². The van der Waals surface area contributed by atoms with E-state index in [1.165, 1.54) is 0 Å². The molecule has 1 amide bonds. The minimum Gasteiger partial charge on any atom is -0.459 e. The normalized spacial score (nSPS) is 23.0. The number of hydrogen-bond donors (Lipinski definition) is 2. The number of oxime groups is 1. The summed E-state index contributed by atoms with van der Waals surface area (Å²) in [6.45, 7) is 7.05. The highest BCUT2D eigenvalue weighted by molar-refractivity contribution is 6.04. The molecule has 1 aliphatic heterocycles. The Balaban J connectivity index is 1.28. The number of ether oxygens (including phenoxy) is 3. The van der Waals surface area contributed by atoms with Gasteiger partial charge in [0.15, 0.2) is 0 Å². The summed E-state index contributed by atoms with van der Waals surface area (Å²) in [6.07, 6.45) is 9.93. The van der Waals surface area contributed by atoms with Crippen molar-refractivity contribution in [3.63, 3.8) is 0 Å².